The smallest absolute Gasteiger partial charge is 0.165 e. The molecule has 0 spiro atoms. The first-order valence-corrected chi connectivity index (χ1v) is 6.20. The molecule has 5 heteroatoms. The monoisotopic (exact) mass is 261 g/mol. The molecular formula is C14H19N3O2. The molecule has 2 aromatic rings. The number of benzene rings is 1. The van der Waals surface area contributed by atoms with E-state index in [2.05, 4.69) is 5.10 Å². The van der Waals surface area contributed by atoms with Gasteiger partial charge in [-0.15, -0.1) is 0 Å². The van der Waals surface area contributed by atoms with Crippen LogP contribution in [0.25, 0.3) is 0 Å². The lowest BCUT2D eigenvalue weighted by Gasteiger charge is -2.16. The predicted molar refractivity (Wildman–Crippen MR) is 73.5 cm³/mol. The van der Waals surface area contributed by atoms with Crippen molar-refractivity contribution in [1.29, 1.82) is 0 Å². The van der Waals surface area contributed by atoms with Gasteiger partial charge in [-0.05, 0) is 13.0 Å². The Morgan fingerprint density at radius 3 is 2.68 bits per heavy atom. The van der Waals surface area contributed by atoms with Crippen LogP contribution in [0.15, 0.2) is 30.6 Å². The van der Waals surface area contributed by atoms with Crippen LogP contribution in [0.1, 0.15) is 24.1 Å². The fraction of sp³-hybridized carbons (Fsp3) is 0.357. The first-order valence-electron chi connectivity index (χ1n) is 6.20. The molecule has 102 valence electrons. The van der Waals surface area contributed by atoms with Crippen molar-refractivity contribution in [1.82, 2.24) is 9.78 Å². The van der Waals surface area contributed by atoms with E-state index in [9.17, 15) is 0 Å². The van der Waals surface area contributed by atoms with Crippen LogP contribution in [-0.2, 0) is 6.54 Å². The number of aromatic nitrogens is 2. The van der Waals surface area contributed by atoms with Crippen molar-refractivity contribution in [3.8, 4) is 11.5 Å². The van der Waals surface area contributed by atoms with Gasteiger partial charge >= 0.3 is 0 Å². The van der Waals surface area contributed by atoms with E-state index in [1.807, 2.05) is 36.0 Å². The SMILES string of the molecule is CCn1cc(C(N)c2cccc(OC)c2OC)cn1. The van der Waals surface area contributed by atoms with E-state index in [0.29, 0.717) is 11.5 Å². The number of hydrogen-bond acceptors (Lipinski definition) is 4. The Hall–Kier alpha value is -2.01. The summed E-state index contributed by atoms with van der Waals surface area (Å²) < 4.78 is 12.5. The maximum absolute atomic E-state index is 6.30. The van der Waals surface area contributed by atoms with Crippen LogP contribution in [-0.4, -0.2) is 24.0 Å². The molecule has 0 saturated carbocycles. The van der Waals surface area contributed by atoms with E-state index in [-0.39, 0.29) is 6.04 Å². The van der Waals surface area contributed by atoms with Gasteiger partial charge in [0.2, 0.25) is 0 Å². The Morgan fingerprint density at radius 1 is 1.32 bits per heavy atom. The molecule has 0 aliphatic rings. The van der Waals surface area contributed by atoms with Gasteiger partial charge in [0.15, 0.2) is 11.5 Å². The van der Waals surface area contributed by atoms with Gasteiger partial charge in [-0.25, -0.2) is 0 Å². The summed E-state index contributed by atoms with van der Waals surface area (Å²) >= 11 is 0. The second kappa shape index (κ2) is 5.75. The summed E-state index contributed by atoms with van der Waals surface area (Å²) in [6.45, 7) is 2.86. The third-order valence-electron chi connectivity index (χ3n) is 3.10. The fourth-order valence-electron chi connectivity index (χ4n) is 2.05. The molecule has 1 aromatic carbocycles. The lowest BCUT2D eigenvalue weighted by Crippen LogP contribution is -2.13. The minimum absolute atomic E-state index is 0.287. The van der Waals surface area contributed by atoms with Crippen LogP contribution in [0.5, 0.6) is 11.5 Å². The van der Waals surface area contributed by atoms with Crippen molar-refractivity contribution >= 4 is 0 Å². The molecule has 1 heterocycles. The molecular weight excluding hydrogens is 242 g/mol. The summed E-state index contributed by atoms with van der Waals surface area (Å²) in [6.07, 6.45) is 3.73. The molecule has 1 atom stereocenters. The molecule has 0 aliphatic carbocycles. The van der Waals surface area contributed by atoms with E-state index in [1.165, 1.54) is 0 Å². The number of aryl methyl sites for hydroxylation is 1. The second-order valence-electron chi connectivity index (χ2n) is 4.19. The van der Waals surface area contributed by atoms with Gasteiger partial charge in [0.05, 0.1) is 26.5 Å². The normalized spacial score (nSPS) is 12.2. The predicted octanol–water partition coefficient (Wildman–Crippen LogP) is 1.97. The van der Waals surface area contributed by atoms with Gasteiger partial charge in [0.25, 0.3) is 0 Å². The zero-order chi connectivity index (χ0) is 13.8. The number of nitrogens with zero attached hydrogens (tertiary/aromatic N) is 2. The van der Waals surface area contributed by atoms with Crippen LogP contribution in [0.4, 0.5) is 0 Å². The molecule has 0 amide bonds. The average molecular weight is 261 g/mol. The highest BCUT2D eigenvalue weighted by atomic mass is 16.5. The van der Waals surface area contributed by atoms with Crippen molar-refractivity contribution in [2.75, 3.05) is 14.2 Å². The third kappa shape index (κ3) is 2.56. The first-order chi connectivity index (χ1) is 9.21. The molecule has 0 saturated heterocycles. The lowest BCUT2D eigenvalue weighted by atomic mass is 10.0. The van der Waals surface area contributed by atoms with Crippen molar-refractivity contribution in [2.24, 2.45) is 5.73 Å². The zero-order valence-corrected chi connectivity index (χ0v) is 11.5. The Kier molecular flexibility index (Phi) is 4.06. The standard InChI is InChI=1S/C14H19N3O2/c1-4-17-9-10(8-16-17)13(15)11-6-5-7-12(18-2)14(11)19-3/h5-9,13H,4,15H2,1-3H3. The Bertz CT molecular complexity index is 551. The molecule has 2 N–H and O–H groups in total. The van der Waals surface area contributed by atoms with E-state index in [1.54, 1.807) is 20.4 Å². The Balaban J connectivity index is 2.40. The van der Waals surface area contributed by atoms with Gasteiger partial charge in [-0.2, -0.15) is 5.10 Å². The highest BCUT2D eigenvalue weighted by Crippen LogP contribution is 2.35. The number of methoxy groups -OCH3 is 2. The quantitative estimate of drug-likeness (QED) is 0.893. The first kappa shape index (κ1) is 13.4. The van der Waals surface area contributed by atoms with Gasteiger partial charge < -0.3 is 15.2 Å². The van der Waals surface area contributed by atoms with Crippen molar-refractivity contribution in [2.45, 2.75) is 19.5 Å². The van der Waals surface area contributed by atoms with E-state index in [4.69, 9.17) is 15.2 Å². The van der Waals surface area contributed by atoms with E-state index < -0.39 is 0 Å². The summed E-state index contributed by atoms with van der Waals surface area (Å²) in [5.74, 6) is 1.35. The van der Waals surface area contributed by atoms with E-state index in [0.717, 1.165) is 17.7 Å². The summed E-state index contributed by atoms with van der Waals surface area (Å²) in [4.78, 5) is 0. The molecule has 2 rings (SSSR count). The number of ether oxygens (including phenoxy) is 2. The van der Waals surface area contributed by atoms with Crippen LogP contribution < -0.4 is 15.2 Å². The average Bonchev–Trinajstić information content (AvgIpc) is 2.94. The Labute approximate surface area is 112 Å². The number of rotatable bonds is 5. The molecule has 1 aromatic heterocycles. The molecule has 0 radical (unpaired) electrons. The lowest BCUT2D eigenvalue weighted by molar-refractivity contribution is 0.350. The molecule has 5 nitrogen and oxygen atoms in total. The molecule has 19 heavy (non-hydrogen) atoms. The van der Waals surface area contributed by atoms with Crippen molar-refractivity contribution < 1.29 is 9.47 Å². The van der Waals surface area contributed by atoms with Crippen LogP contribution in [0, 0.1) is 0 Å². The summed E-state index contributed by atoms with van der Waals surface area (Å²) in [5, 5.41) is 4.24. The van der Waals surface area contributed by atoms with Crippen LogP contribution in [0.2, 0.25) is 0 Å². The minimum Gasteiger partial charge on any atom is -0.493 e. The third-order valence-corrected chi connectivity index (χ3v) is 3.10. The van der Waals surface area contributed by atoms with E-state index >= 15 is 0 Å². The molecule has 1 unspecified atom stereocenters. The molecule has 0 fully saturated rings. The van der Waals surface area contributed by atoms with Crippen LogP contribution in [0.3, 0.4) is 0 Å². The zero-order valence-electron chi connectivity index (χ0n) is 11.5. The number of nitrogens with two attached hydrogens (primary N) is 1. The van der Waals surface area contributed by atoms with Gasteiger partial charge in [-0.1, -0.05) is 12.1 Å². The largest absolute Gasteiger partial charge is 0.493 e. The van der Waals surface area contributed by atoms with Gasteiger partial charge in [-0.3, -0.25) is 4.68 Å². The Morgan fingerprint density at radius 2 is 2.11 bits per heavy atom. The highest BCUT2D eigenvalue weighted by Gasteiger charge is 2.18. The minimum atomic E-state index is -0.287. The highest BCUT2D eigenvalue weighted by molar-refractivity contribution is 5.50. The fourth-order valence-corrected chi connectivity index (χ4v) is 2.05. The van der Waals surface area contributed by atoms with Gasteiger partial charge in [0, 0.05) is 23.9 Å². The number of hydrogen-bond donors (Lipinski definition) is 1. The van der Waals surface area contributed by atoms with Gasteiger partial charge in [0.1, 0.15) is 0 Å². The maximum Gasteiger partial charge on any atom is 0.165 e. The summed E-state index contributed by atoms with van der Waals surface area (Å²) in [7, 11) is 3.23. The summed E-state index contributed by atoms with van der Waals surface area (Å²) in [6, 6.07) is 5.41. The van der Waals surface area contributed by atoms with Crippen molar-refractivity contribution in [3.63, 3.8) is 0 Å². The maximum atomic E-state index is 6.30. The van der Waals surface area contributed by atoms with Crippen LogP contribution >= 0.6 is 0 Å². The topological polar surface area (TPSA) is 62.3 Å². The molecule has 0 bridgehead atoms. The number of para-hydroxylation sites is 1. The van der Waals surface area contributed by atoms with Crippen molar-refractivity contribution in [3.05, 3.63) is 41.7 Å². The molecule has 0 aliphatic heterocycles. The summed E-state index contributed by atoms with van der Waals surface area (Å²) in [5.41, 5.74) is 8.13. The second-order valence-corrected chi connectivity index (χ2v) is 4.19.